The summed E-state index contributed by atoms with van der Waals surface area (Å²) in [5, 5.41) is 1.40. The van der Waals surface area contributed by atoms with Crippen molar-refractivity contribution in [2.45, 2.75) is 182 Å². The van der Waals surface area contributed by atoms with E-state index in [4.69, 9.17) is 0 Å². The Bertz CT molecular complexity index is 3300. The lowest BCUT2D eigenvalue weighted by Crippen LogP contribution is -2.60. The van der Waals surface area contributed by atoms with Crippen molar-refractivity contribution in [2.24, 2.45) is 0 Å². The molecule has 360 valence electrons. The van der Waals surface area contributed by atoms with Gasteiger partial charge in [-0.3, -0.25) is 0 Å². The fourth-order valence-corrected chi connectivity index (χ4v) is 14.7. The lowest BCUT2D eigenvalue weighted by Gasteiger charge is -2.45. The van der Waals surface area contributed by atoms with Gasteiger partial charge in [0.25, 0.3) is 6.71 Å². The predicted octanol–water partition coefficient (Wildman–Crippen LogP) is 17.3. The minimum Gasteiger partial charge on any atom is -0.311 e. The first-order valence-electron chi connectivity index (χ1n) is 26.5. The van der Waals surface area contributed by atoms with Crippen LogP contribution in [0.2, 0.25) is 0 Å². The summed E-state index contributed by atoms with van der Waals surface area (Å²) in [6, 6.07) is 39.7. The van der Waals surface area contributed by atoms with Gasteiger partial charge in [-0.05, 0) is 200 Å². The van der Waals surface area contributed by atoms with Crippen LogP contribution in [0.3, 0.4) is 0 Å². The summed E-state index contributed by atoms with van der Waals surface area (Å²) in [7, 11) is 0. The van der Waals surface area contributed by atoms with Crippen LogP contribution in [0.1, 0.15) is 179 Å². The van der Waals surface area contributed by atoms with Gasteiger partial charge in [0.2, 0.25) is 0 Å². The topological polar surface area (TPSA) is 6.48 Å². The molecule has 4 heteroatoms. The number of anilines is 6. The van der Waals surface area contributed by atoms with Crippen LogP contribution < -0.4 is 25.5 Å². The summed E-state index contributed by atoms with van der Waals surface area (Å²) in [6.07, 6.45) is 6.05. The predicted molar refractivity (Wildman–Crippen MR) is 308 cm³/mol. The van der Waals surface area contributed by atoms with E-state index in [1.165, 1.54) is 148 Å². The molecule has 0 saturated heterocycles. The van der Waals surface area contributed by atoms with Gasteiger partial charge in [0.15, 0.2) is 0 Å². The molecule has 2 aliphatic heterocycles. The largest absolute Gasteiger partial charge is 0.311 e. The van der Waals surface area contributed by atoms with Gasteiger partial charge in [-0.2, -0.15) is 0 Å². The SMILES string of the molecule is Cc1cc2c3c(c1)N(c1ccc4c(c1)C(C)(C)CCC4(C)C)c1c(sc4cc5c(cc14)C(C)(C)CCCC5(C)C)B3c1cc(C(C)(C)C)ccc1N2c1ccc(C(C)(C)C)cc1-c1c(C)cccc1C. The molecule has 2 aliphatic carbocycles. The van der Waals surface area contributed by atoms with Gasteiger partial charge in [0.05, 0.1) is 11.4 Å². The summed E-state index contributed by atoms with van der Waals surface area (Å²) in [5.74, 6) is 0. The molecule has 0 fully saturated rings. The Balaban J connectivity index is 1.28. The minimum atomic E-state index is -0.0316. The molecule has 0 N–H and O–H groups in total. The molecule has 6 aromatic carbocycles. The maximum atomic E-state index is 2.75. The van der Waals surface area contributed by atoms with Crippen molar-refractivity contribution in [3.63, 3.8) is 0 Å². The summed E-state index contributed by atoms with van der Waals surface area (Å²) in [4.78, 5) is 5.43. The average molecular weight is 941 g/mol. The molecule has 0 spiro atoms. The normalized spacial score (nSPS) is 18.4. The summed E-state index contributed by atoms with van der Waals surface area (Å²) >= 11 is 2.07. The second kappa shape index (κ2) is 15.5. The Morgan fingerprint density at radius 2 is 1.06 bits per heavy atom. The zero-order valence-electron chi connectivity index (χ0n) is 45.7. The Kier molecular flexibility index (Phi) is 10.5. The van der Waals surface area contributed by atoms with E-state index in [2.05, 4.69) is 236 Å². The number of fused-ring (bicyclic) bond motifs is 8. The average Bonchev–Trinajstić information content (AvgIpc) is 3.61. The van der Waals surface area contributed by atoms with E-state index >= 15 is 0 Å². The van der Waals surface area contributed by atoms with Gasteiger partial charge in [-0.1, -0.05) is 146 Å². The maximum absolute atomic E-state index is 2.75. The highest BCUT2D eigenvalue weighted by atomic mass is 32.1. The molecular weight excluding hydrogens is 864 g/mol. The number of hydrogen-bond donors (Lipinski definition) is 0. The highest BCUT2D eigenvalue weighted by molar-refractivity contribution is 7.33. The Labute approximate surface area is 426 Å². The first-order valence-corrected chi connectivity index (χ1v) is 27.4. The zero-order valence-corrected chi connectivity index (χ0v) is 46.5. The summed E-state index contributed by atoms with van der Waals surface area (Å²) in [5.41, 5.74) is 26.2. The molecular formula is C66H77BN2S. The van der Waals surface area contributed by atoms with E-state index in [0.717, 1.165) is 0 Å². The molecule has 3 heterocycles. The second-order valence-electron chi connectivity index (χ2n) is 26.9. The quantitative estimate of drug-likeness (QED) is 0.129. The van der Waals surface area contributed by atoms with E-state index in [9.17, 15) is 0 Å². The third-order valence-electron chi connectivity index (χ3n) is 17.8. The molecule has 4 aliphatic rings. The van der Waals surface area contributed by atoms with Gasteiger partial charge < -0.3 is 9.80 Å². The number of rotatable bonds is 3. The van der Waals surface area contributed by atoms with Crippen molar-refractivity contribution in [1.82, 2.24) is 0 Å². The van der Waals surface area contributed by atoms with E-state index < -0.39 is 0 Å². The Morgan fingerprint density at radius 1 is 0.514 bits per heavy atom. The van der Waals surface area contributed by atoms with Crippen LogP contribution in [0.5, 0.6) is 0 Å². The smallest absolute Gasteiger partial charge is 0.264 e. The molecule has 0 radical (unpaired) electrons. The van der Waals surface area contributed by atoms with Crippen molar-refractivity contribution in [2.75, 3.05) is 9.80 Å². The van der Waals surface area contributed by atoms with Gasteiger partial charge in [0.1, 0.15) is 0 Å². The molecule has 0 atom stereocenters. The molecule has 0 unspecified atom stereocenters. The van der Waals surface area contributed by atoms with Crippen molar-refractivity contribution < 1.29 is 0 Å². The van der Waals surface area contributed by atoms with Gasteiger partial charge in [0, 0.05) is 43.2 Å². The third-order valence-corrected chi connectivity index (χ3v) is 19.0. The molecule has 1 aromatic heterocycles. The second-order valence-corrected chi connectivity index (χ2v) is 28.0. The maximum Gasteiger partial charge on any atom is 0.264 e. The number of hydrogen-bond acceptors (Lipinski definition) is 3. The first kappa shape index (κ1) is 47.3. The van der Waals surface area contributed by atoms with Crippen LogP contribution in [0.15, 0.2) is 97.1 Å². The highest BCUT2D eigenvalue weighted by Gasteiger charge is 2.48. The molecule has 0 bridgehead atoms. The van der Waals surface area contributed by atoms with Crippen LogP contribution in [0.4, 0.5) is 34.1 Å². The van der Waals surface area contributed by atoms with Gasteiger partial charge in [-0.15, -0.1) is 11.3 Å². The van der Waals surface area contributed by atoms with Crippen LogP contribution in [-0.2, 0) is 32.5 Å². The highest BCUT2D eigenvalue weighted by Crippen LogP contribution is 2.55. The van der Waals surface area contributed by atoms with Crippen molar-refractivity contribution in [3.8, 4) is 11.1 Å². The van der Waals surface area contributed by atoms with Gasteiger partial charge in [-0.25, -0.2) is 0 Å². The van der Waals surface area contributed by atoms with Crippen LogP contribution in [0.25, 0.3) is 21.2 Å². The Hall–Kier alpha value is -5.06. The van der Waals surface area contributed by atoms with E-state index in [0.29, 0.717) is 0 Å². The number of benzene rings is 6. The van der Waals surface area contributed by atoms with Crippen molar-refractivity contribution >= 4 is 78.0 Å². The minimum absolute atomic E-state index is 0.0155. The van der Waals surface area contributed by atoms with Crippen LogP contribution in [-0.4, -0.2) is 6.71 Å². The number of aryl methyl sites for hydroxylation is 3. The van der Waals surface area contributed by atoms with E-state index in [1.807, 2.05) is 0 Å². The van der Waals surface area contributed by atoms with Crippen molar-refractivity contribution in [3.05, 3.63) is 147 Å². The molecule has 70 heavy (non-hydrogen) atoms. The lowest BCUT2D eigenvalue weighted by molar-refractivity contribution is 0.332. The van der Waals surface area contributed by atoms with E-state index in [-0.39, 0.29) is 39.2 Å². The molecule has 0 amide bonds. The standard InChI is InChI=1S/C66H77BN2S/c1-39-32-54-58-55(33-39)69(52-26-22-42(61(4,5)6)34-45(52)57-40(2)20-18-21-41(57)3)53-27-23-43(62(7,8)9)35-51(53)67(58)60-59(68(54)44-24-25-47-48(36-44)66(16,17)31-30-65(47,14)15)46-37-49-50(38-56(46)70-60)64(12,13)29-19-28-63(49,10)11/h18,20-27,32-38H,19,28-31H2,1-17H3. The molecule has 7 aromatic rings. The van der Waals surface area contributed by atoms with Crippen LogP contribution in [0, 0.1) is 20.8 Å². The summed E-state index contributed by atoms with van der Waals surface area (Å²) in [6.45, 7) is 41.1. The number of thiophene rings is 1. The fourth-order valence-electron chi connectivity index (χ4n) is 13.4. The van der Waals surface area contributed by atoms with E-state index in [1.54, 1.807) is 5.56 Å². The lowest BCUT2D eigenvalue weighted by atomic mass is 9.36. The molecule has 0 saturated carbocycles. The zero-order chi connectivity index (χ0) is 50.0. The number of nitrogens with zero attached hydrogens (tertiary/aromatic N) is 2. The van der Waals surface area contributed by atoms with Gasteiger partial charge >= 0.3 is 0 Å². The fraction of sp³-hybridized carbons (Fsp3) is 0.424. The van der Waals surface area contributed by atoms with Crippen molar-refractivity contribution in [1.29, 1.82) is 0 Å². The molecule has 2 nitrogen and oxygen atoms in total. The summed E-state index contributed by atoms with van der Waals surface area (Å²) < 4.78 is 2.88. The monoisotopic (exact) mass is 941 g/mol. The first-order chi connectivity index (χ1) is 32.7. The molecule has 11 rings (SSSR count). The van der Waals surface area contributed by atoms with Crippen LogP contribution >= 0.6 is 11.3 Å². The Morgan fingerprint density at radius 3 is 1.69 bits per heavy atom. The third kappa shape index (κ3) is 7.22.